The number of nitrogens with zero attached hydrogens (tertiary/aromatic N) is 2. The predicted molar refractivity (Wildman–Crippen MR) is 71.9 cm³/mol. The Labute approximate surface area is 116 Å². The number of benzene rings is 1. The highest BCUT2D eigenvalue weighted by Gasteiger charge is 2.25. The molecule has 0 aliphatic carbocycles. The number of non-ortho nitro benzene ring substituents is 1. The maximum absolute atomic E-state index is 12.0. The van der Waals surface area contributed by atoms with Gasteiger partial charge in [0.2, 0.25) is 10.0 Å². The van der Waals surface area contributed by atoms with E-state index in [0.29, 0.717) is 0 Å². The van der Waals surface area contributed by atoms with Crippen LogP contribution >= 0.6 is 0 Å². The van der Waals surface area contributed by atoms with Gasteiger partial charge in [-0.3, -0.25) is 14.8 Å². The van der Waals surface area contributed by atoms with Gasteiger partial charge in [0.1, 0.15) is 5.75 Å². The summed E-state index contributed by atoms with van der Waals surface area (Å²) in [6.07, 6.45) is 0.100. The van der Waals surface area contributed by atoms with Crippen molar-refractivity contribution >= 4 is 21.4 Å². The summed E-state index contributed by atoms with van der Waals surface area (Å²) < 4.78 is 31.0. The molecule has 8 nitrogen and oxygen atoms in total. The number of nitrogens with one attached hydrogen (secondary N) is 1. The van der Waals surface area contributed by atoms with Crippen LogP contribution in [0, 0.1) is 21.4 Å². The maximum Gasteiger partial charge on any atom is 0.271 e. The molecule has 1 N–H and O–H groups in total. The van der Waals surface area contributed by atoms with Crippen LogP contribution in [0.4, 0.5) is 11.4 Å². The third-order valence-corrected chi connectivity index (χ3v) is 4.23. The molecule has 1 unspecified atom stereocenters. The molecule has 0 heterocycles. The van der Waals surface area contributed by atoms with Crippen LogP contribution in [-0.4, -0.2) is 25.7 Å². The van der Waals surface area contributed by atoms with Gasteiger partial charge in [0.05, 0.1) is 23.8 Å². The Morgan fingerprint density at radius 3 is 2.65 bits per heavy atom. The Hall–Kier alpha value is -2.34. The lowest BCUT2D eigenvalue weighted by Gasteiger charge is -2.13. The number of sulfonamides is 1. The van der Waals surface area contributed by atoms with Gasteiger partial charge in [0, 0.05) is 12.1 Å². The Balaban J connectivity index is 3.23. The minimum atomic E-state index is -3.96. The second-order valence-electron chi connectivity index (χ2n) is 3.81. The van der Waals surface area contributed by atoms with E-state index in [1.807, 2.05) is 0 Å². The van der Waals surface area contributed by atoms with Crippen LogP contribution in [-0.2, 0) is 10.0 Å². The van der Waals surface area contributed by atoms with Crippen molar-refractivity contribution in [1.29, 1.82) is 5.26 Å². The first kappa shape index (κ1) is 15.7. The van der Waals surface area contributed by atoms with Crippen LogP contribution in [0.3, 0.4) is 0 Å². The lowest BCUT2D eigenvalue weighted by Crippen LogP contribution is -2.26. The summed E-state index contributed by atoms with van der Waals surface area (Å²) in [5.74, 6) is 0.131. The van der Waals surface area contributed by atoms with Gasteiger partial charge in [-0.25, -0.2) is 8.42 Å². The standard InChI is InChI=1S/C11H13N3O5S/c1-3-9(7-12)20(17,18)13-10-6-8(14(15)16)4-5-11(10)19-2/h4-6,9,13H,3H2,1-2H3. The number of nitro benzene ring substituents is 1. The minimum Gasteiger partial charge on any atom is -0.495 e. The van der Waals surface area contributed by atoms with E-state index >= 15 is 0 Å². The molecule has 0 fully saturated rings. The van der Waals surface area contributed by atoms with E-state index in [2.05, 4.69) is 4.72 Å². The molecule has 1 aromatic carbocycles. The van der Waals surface area contributed by atoms with Crippen LogP contribution in [0.15, 0.2) is 18.2 Å². The molecule has 0 spiro atoms. The highest BCUT2D eigenvalue weighted by atomic mass is 32.2. The largest absolute Gasteiger partial charge is 0.495 e. The van der Waals surface area contributed by atoms with Crippen LogP contribution in [0.1, 0.15) is 13.3 Å². The average molecular weight is 299 g/mol. The van der Waals surface area contributed by atoms with E-state index < -0.39 is 20.2 Å². The monoisotopic (exact) mass is 299 g/mol. The van der Waals surface area contributed by atoms with Crippen molar-refractivity contribution in [3.05, 3.63) is 28.3 Å². The summed E-state index contributed by atoms with van der Waals surface area (Å²) in [5, 5.41) is 18.3. The quantitative estimate of drug-likeness (QED) is 0.629. The summed E-state index contributed by atoms with van der Waals surface area (Å²) in [6, 6.07) is 5.18. The van der Waals surface area contributed by atoms with Crippen LogP contribution < -0.4 is 9.46 Å². The molecule has 1 atom stereocenters. The minimum absolute atomic E-state index is 0.0737. The van der Waals surface area contributed by atoms with Gasteiger partial charge in [0.15, 0.2) is 5.25 Å². The van der Waals surface area contributed by atoms with Crippen LogP contribution in [0.5, 0.6) is 5.75 Å². The molecule has 9 heteroatoms. The van der Waals surface area contributed by atoms with Crippen molar-refractivity contribution in [2.45, 2.75) is 18.6 Å². The van der Waals surface area contributed by atoms with Crippen molar-refractivity contribution < 1.29 is 18.1 Å². The van der Waals surface area contributed by atoms with Gasteiger partial charge in [-0.15, -0.1) is 0 Å². The molecule has 0 saturated carbocycles. The molecule has 0 aromatic heterocycles. The van der Waals surface area contributed by atoms with Crippen LogP contribution in [0.2, 0.25) is 0 Å². The van der Waals surface area contributed by atoms with Gasteiger partial charge in [0.25, 0.3) is 5.69 Å². The summed E-state index contributed by atoms with van der Waals surface area (Å²) >= 11 is 0. The Kier molecular flexibility index (Phi) is 4.88. The van der Waals surface area contributed by atoms with Gasteiger partial charge in [-0.05, 0) is 12.5 Å². The molecule has 0 amide bonds. The fourth-order valence-electron chi connectivity index (χ4n) is 1.49. The highest BCUT2D eigenvalue weighted by molar-refractivity contribution is 7.93. The smallest absolute Gasteiger partial charge is 0.271 e. The third-order valence-electron chi connectivity index (χ3n) is 2.54. The first-order valence-electron chi connectivity index (χ1n) is 5.59. The summed E-state index contributed by atoms with van der Waals surface area (Å²) in [5.41, 5.74) is -0.357. The normalized spacial score (nSPS) is 12.2. The van der Waals surface area contributed by atoms with Gasteiger partial charge in [-0.1, -0.05) is 6.92 Å². The Bertz CT molecular complexity index is 651. The van der Waals surface area contributed by atoms with E-state index in [0.717, 1.165) is 6.07 Å². The zero-order chi connectivity index (χ0) is 15.3. The fraction of sp³-hybridized carbons (Fsp3) is 0.364. The average Bonchev–Trinajstić information content (AvgIpc) is 2.39. The van der Waals surface area contributed by atoms with Crippen molar-refractivity contribution in [1.82, 2.24) is 0 Å². The van der Waals surface area contributed by atoms with Gasteiger partial charge >= 0.3 is 0 Å². The SMILES string of the molecule is CCC(C#N)S(=O)(=O)Nc1cc([N+](=O)[O-])ccc1OC. The number of nitro groups is 1. The number of hydrogen-bond acceptors (Lipinski definition) is 6. The van der Waals surface area contributed by atoms with E-state index in [-0.39, 0.29) is 23.5 Å². The van der Waals surface area contributed by atoms with Gasteiger partial charge in [-0.2, -0.15) is 5.26 Å². The molecule has 108 valence electrons. The lowest BCUT2D eigenvalue weighted by molar-refractivity contribution is -0.384. The number of rotatable bonds is 6. The second-order valence-corrected chi connectivity index (χ2v) is 5.68. The molecule has 1 rings (SSSR count). The number of ether oxygens (including phenoxy) is 1. The molecule has 20 heavy (non-hydrogen) atoms. The second kappa shape index (κ2) is 6.21. The predicted octanol–water partition coefficient (Wildman–Crippen LogP) is 1.65. The molecule has 0 saturated heterocycles. The topological polar surface area (TPSA) is 122 Å². The molecule has 0 radical (unpaired) electrons. The number of hydrogen-bond donors (Lipinski definition) is 1. The fourth-order valence-corrected chi connectivity index (χ4v) is 2.68. The number of methoxy groups -OCH3 is 1. The molecule has 0 aliphatic rings. The van der Waals surface area contributed by atoms with Crippen molar-refractivity contribution in [2.75, 3.05) is 11.8 Å². The first-order valence-corrected chi connectivity index (χ1v) is 7.14. The molecular formula is C11H13N3O5S. The maximum atomic E-state index is 12.0. The summed E-state index contributed by atoms with van der Waals surface area (Å²) in [7, 11) is -2.66. The van der Waals surface area contributed by atoms with Gasteiger partial charge < -0.3 is 4.74 Å². The van der Waals surface area contributed by atoms with E-state index in [1.54, 1.807) is 13.0 Å². The Morgan fingerprint density at radius 2 is 2.20 bits per heavy atom. The van der Waals surface area contributed by atoms with Crippen molar-refractivity contribution in [3.63, 3.8) is 0 Å². The zero-order valence-electron chi connectivity index (χ0n) is 10.9. The molecule has 1 aromatic rings. The first-order chi connectivity index (χ1) is 9.35. The highest BCUT2D eigenvalue weighted by Crippen LogP contribution is 2.30. The van der Waals surface area contributed by atoms with Crippen LogP contribution in [0.25, 0.3) is 0 Å². The molecule has 0 bridgehead atoms. The molecule has 0 aliphatic heterocycles. The summed E-state index contributed by atoms with van der Waals surface area (Å²) in [4.78, 5) is 10.0. The Morgan fingerprint density at radius 1 is 1.55 bits per heavy atom. The zero-order valence-corrected chi connectivity index (χ0v) is 11.7. The van der Waals surface area contributed by atoms with E-state index in [9.17, 15) is 18.5 Å². The summed E-state index contributed by atoms with van der Waals surface area (Å²) in [6.45, 7) is 1.55. The number of anilines is 1. The lowest BCUT2D eigenvalue weighted by atomic mass is 10.2. The van der Waals surface area contributed by atoms with Crippen molar-refractivity contribution in [3.8, 4) is 11.8 Å². The third kappa shape index (κ3) is 3.36. The molecular weight excluding hydrogens is 286 g/mol. The van der Waals surface area contributed by atoms with E-state index in [4.69, 9.17) is 10.00 Å². The van der Waals surface area contributed by atoms with Crippen molar-refractivity contribution in [2.24, 2.45) is 0 Å². The number of nitriles is 1. The van der Waals surface area contributed by atoms with E-state index in [1.165, 1.54) is 19.2 Å².